The number of likely N-dealkylation sites (N-methyl/N-ethyl adjacent to an activating group) is 1. The van der Waals surface area contributed by atoms with Crippen LogP contribution in [-0.2, 0) is 14.4 Å². The first-order chi connectivity index (χ1) is 19.2. The number of ether oxygens (including phenoxy) is 2. The van der Waals surface area contributed by atoms with Crippen molar-refractivity contribution in [2.45, 2.75) is 43.5 Å². The highest BCUT2D eigenvalue weighted by molar-refractivity contribution is 8.01. The number of nitrogens with one attached hydrogen (secondary N) is 2. The summed E-state index contributed by atoms with van der Waals surface area (Å²) >= 11 is 2.94. The Morgan fingerprint density at radius 1 is 1.20 bits per heavy atom. The summed E-state index contributed by atoms with van der Waals surface area (Å²) in [6.45, 7) is 5.14. The van der Waals surface area contributed by atoms with E-state index in [1.165, 1.54) is 30.2 Å². The van der Waals surface area contributed by atoms with Gasteiger partial charge in [0.1, 0.15) is 6.04 Å². The quantitative estimate of drug-likeness (QED) is 0.410. The smallest absolute Gasteiger partial charge is 0.258 e. The molecule has 2 N–H and O–H groups in total. The highest BCUT2D eigenvalue weighted by atomic mass is 32.2. The number of benzene rings is 1. The molecule has 11 nitrogen and oxygen atoms in total. The van der Waals surface area contributed by atoms with E-state index in [0.717, 1.165) is 10.0 Å². The number of nitrogens with zero attached hydrogens (tertiary/aromatic N) is 3. The average Bonchev–Trinajstić information content (AvgIpc) is 3.37. The summed E-state index contributed by atoms with van der Waals surface area (Å²) in [5.41, 5.74) is 1.31. The highest BCUT2D eigenvalue weighted by Crippen LogP contribution is 2.28. The SMILES string of the molecule is COc1cc2ccc1OCC(=O)N[C@@H](C)C(=O)N(C)CCCCN(C(=O)CSc1nc(C)cs1)CCCNC2=O. The van der Waals surface area contributed by atoms with Gasteiger partial charge in [0.2, 0.25) is 11.8 Å². The minimum Gasteiger partial charge on any atom is -0.493 e. The van der Waals surface area contributed by atoms with E-state index in [0.29, 0.717) is 62.5 Å². The molecule has 0 saturated heterocycles. The van der Waals surface area contributed by atoms with Crippen molar-refractivity contribution in [3.05, 3.63) is 34.8 Å². The van der Waals surface area contributed by atoms with Gasteiger partial charge in [-0.25, -0.2) is 4.98 Å². The van der Waals surface area contributed by atoms with Gasteiger partial charge in [-0.2, -0.15) is 0 Å². The number of hydrogen-bond acceptors (Lipinski definition) is 9. The van der Waals surface area contributed by atoms with E-state index < -0.39 is 11.9 Å². The van der Waals surface area contributed by atoms with Crippen LogP contribution in [0.5, 0.6) is 11.5 Å². The molecule has 13 heteroatoms. The van der Waals surface area contributed by atoms with Crippen molar-refractivity contribution in [1.29, 1.82) is 0 Å². The van der Waals surface area contributed by atoms with Crippen LogP contribution < -0.4 is 20.1 Å². The number of rotatable bonds is 4. The van der Waals surface area contributed by atoms with Crippen molar-refractivity contribution in [2.24, 2.45) is 0 Å². The standard InChI is InChI=1S/C27H37N5O6S2/c1-18-16-39-27(29-18)40-17-24(34)32-12-6-5-11-31(3)26(36)19(2)30-23(33)15-38-21-9-8-20(14-22(21)37-4)25(35)28-10-7-13-32/h8-9,14,16,19H,5-7,10-13,15,17H2,1-4H3,(H,28,35)(H,30,33)/t19-/m0/s1. The Morgan fingerprint density at radius 2 is 1.95 bits per heavy atom. The van der Waals surface area contributed by atoms with Gasteiger partial charge in [-0.05, 0) is 51.3 Å². The third-order valence-electron chi connectivity index (χ3n) is 6.24. The maximum absolute atomic E-state index is 13.1. The minimum atomic E-state index is -0.729. The first-order valence-corrected chi connectivity index (χ1v) is 15.0. The van der Waals surface area contributed by atoms with Gasteiger partial charge >= 0.3 is 0 Å². The fraction of sp³-hybridized carbons (Fsp3) is 0.519. The number of methoxy groups -OCH3 is 1. The molecule has 2 aromatic rings. The van der Waals surface area contributed by atoms with Crippen LogP contribution in [0, 0.1) is 6.92 Å². The van der Waals surface area contributed by atoms with Crippen LogP contribution >= 0.6 is 23.1 Å². The molecule has 40 heavy (non-hydrogen) atoms. The summed E-state index contributed by atoms with van der Waals surface area (Å²) < 4.78 is 11.8. The lowest BCUT2D eigenvalue weighted by Crippen LogP contribution is -2.47. The molecule has 0 spiro atoms. The van der Waals surface area contributed by atoms with Crippen LogP contribution in [-0.4, -0.2) is 97.2 Å². The Balaban J connectivity index is 1.70. The molecule has 1 aromatic carbocycles. The Labute approximate surface area is 243 Å². The van der Waals surface area contributed by atoms with E-state index in [9.17, 15) is 19.2 Å². The van der Waals surface area contributed by atoms with Crippen LogP contribution in [0.2, 0.25) is 0 Å². The number of carbonyl (C=O) groups excluding carboxylic acids is 4. The molecule has 0 fully saturated rings. The molecule has 218 valence electrons. The number of hydrogen-bond donors (Lipinski definition) is 2. The van der Waals surface area contributed by atoms with E-state index >= 15 is 0 Å². The Bertz CT molecular complexity index is 1190. The second kappa shape index (κ2) is 15.5. The Hall–Kier alpha value is -3.32. The molecule has 2 bridgehead atoms. The van der Waals surface area contributed by atoms with Crippen molar-refractivity contribution in [2.75, 3.05) is 52.7 Å². The molecule has 1 aromatic heterocycles. The van der Waals surface area contributed by atoms with Crippen LogP contribution in [0.25, 0.3) is 0 Å². The Kier molecular flexibility index (Phi) is 12.1. The molecular weight excluding hydrogens is 554 g/mol. The Morgan fingerprint density at radius 3 is 2.67 bits per heavy atom. The van der Waals surface area contributed by atoms with E-state index in [2.05, 4.69) is 15.6 Å². The van der Waals surface area contributed by atoms with Crippen molar-refractivity contribution >= 4 is 46.7 Å². The normalized spacial score (nSPS) is 18.4. The van der Waals surface area contributed by atoms with Gasteiger partial charge < -0.3 is 29.9 Å². The minimum absolute atomic E-state index is 0.00339. The number of aromatic nitrogens is 1. The topological polar surface area (TPSA) is 130 Å². The highest BCUT2D eigenvalue weighted by Gasteiger charge is 2.21. The fourth-order valence-electron chi connectivity index (χ4n) is 4.06. The van der Waals surface area contributed by atoms with Gasteiger partial charge in [0.05, 0.1) is 12.9 Å². The van der Waals surface area contributed by atoms with Crippen molar-refractivity contribution in [1.82, 2.24) is 25.4 Å². The summed E-state index contributed by atoms with van der Waals surface area (Å²) in [5.74, 6) is -0.0581. The molecule has 0 radical (unpaired) electrons. The zero-order chi connectivity index (χ0) is 29.1. The molecule has 0 aliphatic carbocycles. The van der Waals surface area contributed by atoms with E-state index in [-0.39, 0.29) is 30.1 Å². The van der Waals surface area contributed by atoms with Gasteiger partial charge in [0.15, 0.2) is 22.4 Å². The maximum atomic E-state index is 13.1. The average molecular weight is 592 g/mol. The zero-order valence-electron chi connectivity index (χ0n) is 23.4. The molecule has 2 aliphatic rings. The first-order valence-electron chi connectivity index (χ1n) is 13.1. The summed E-state index contributed by atoms with van der Waals surface area (Å²) in [5, 5.41) is 7.50. The van der Waals surface area contributed by atoms with E-state index in [4.69, 9.17) is 9.47 Å². The molecular formula is C27H37N5O6S2. The van der Waals surface area contributed by atoms with Crippen molar-refractivity contribution in [3.63, 3.8) is 0 Å². The van der Waals surface area contributed by atoms with Crippen LogP contribution in [0.1, 0.15) is 42.2 Å². The van der Waals surface area contributed by atoms with Gasteiger partial charge in [0, 0.05) is 49.9 Å². The van der Waals surface area contributed by atoms with Crippen LogP contribution in [0.4, 0.5) is 0 Å². The monoisotopic (exact) mass is 591 g/mol. The number of carbonyl (C=O) groups is 4. The third kappa shape index (κ3) is 9.40. The molecule has 0 unspecified atom stereocenters. The van der Waals surface area contributed by atoms with Crippen molar-refractivity contribution in [3.8, 4) is 11.5 Å². The predicted molar refractivity (Wildman–Crippen MR) is 154 cm³/mol. The zero-order valence-corrected chi connectivity index (χ0v) is 25.0. The lowest BCUT2D eigenvalue weighted by molar-refractivity contribution is -0.135. The van der Waals surface area contributed by atoms with E-state index in [1.54, 1.807) is 37.1 Å². The summed E-state index contributed by atoms with van der Waals surface area (Å²) in [6, 6.07) is 3.96. The van der Waals surface area contributed by atoms with Gasteiger partial charge in [-0.1, -0.05) is 11.8 Å². The largest absolute Gasteiger partial charge is 0.493 e. The molecule has 0 saturated carbocycles. The fourth-order valence-corrected chi connectivity index (χ4v) is 5.81. The molecule has 3 heterocycles. The number of amides is 4. The summed E-state index contributed by atoms with van der Waals surface area (Å²) in [4.78, 5) is 58.8. The number of thiazole rings is 1. The van der Waals surface area contributed by atoms with Crippen molar-refractivity contribution < 1.29 is 28.7 Å². The lowest BCUT2D eigenvalue weighted by atomic mass is 10.2. The summed E-state index contributed by atoms with van der Waals surface area (Å²) in [6.07, 6.45) is 1.98. The second-order valence-corrected chi connectivity index (χ2v) is 11.5. The first kappa shape index (κ1) is 31.2. The lowest BCUT2D eigenvalue weighted by Gasteiger charge is -2.24. The molecule has 4 amide bonds. The third-order valence-corrected chi connectivity index (χ3v) is 8.36. The van der Waals surface area contributed by atoms with Crippen LogP contribution in [0.15, 0.2) is 27.9 Å². The summed E-state index contributed by atoms with van der Waals surface area (Å²) in [7, 11) is 3.14. The number of fused-ring (bicyclic) bond motifs is 18. The predicted octanol–water partition coefficient (Wildman–Crippen LogP) is 2.34. The van der Waals surface area contributed by atoms with Gasteiger partial charge in [-0.15, -0.1) is 11.3 Å². The maximum Gasteiger partial charge on any atom is 0.258 e. The van der Waals surface area contributed by atoms with Gasteiger partial charge in [0.25, 0.3) is 11.8 Å². The molecule has 2 aliphatic heterocycles. The molecule has 1 atom stereocenters. The number of aryl methyl sites for hydroxylation is 1. The second-order valence-electron chi connectivity index (χ2n) is 9.44. The van der Waals surface area contributed by atoms with E-state index in [1.807, 2.05) is 17.2 Å². The van der Waals surface area contributed by atoms with Crippen LogP contribution in [0.3, 0.4) is 0 Å². The molecule has 4 rings (SSSR count). The number of thioether (sulfide) groups is 1. The van der Waals surface area contributed by atoms with Gasteiger partial charge in [-0.3, -0.25) is 19.2 Å².